The lowest BCUT2D eigenvalue weighted by Crippen LogP contribution is -2.14. The molecule has 0 amide bonds. The van der Waals surface area contributed by atoms with Crippen LogP contribution >= 0.6 is 15.9 Å². The van der Waals surface area contributed by atoms with Crippen molar-refractivity contribution in [3.05, 3.63) is 45.7 Å². The topological polar surface area (TPSA) is 78.0 Å². The highest BCUT2D eigenvalue weighted by atomic mass is 79.9. The van der Waals surface area contributed by atoms with Crippen molar-refractivity contribution in [2.75, 3.05) is 0 Å². The van der Waals surface area contributed by atoms with Crippen molar-refractivity contribution in [3.8, 4) is 0 Å². The summed E-state index contributed by atoms with van der Waals surface area (Å²) in [6, 6.07) is 7.78. The van der Waals surface area contributed by atoms with Crippen LogP contribution < -0.4 is 5.14 Å². The van der Waals surface area contributed by atoms with Crippen LogP contribution in [0, 0.1) is 13.8 Å². The van der Waals surface area contributed by atoms with Gasteiger partial charge in [-0.05, 0) is 31.5 Å². The number of hydrogen-bond acceptors (Lipinski definition) is 3. The maximum atomic E-state index is 11.5. The molecule has 0 aliphatic heterocycles. The molecule has 0 unspecified atom stereocenters. The monoisotopic (exact) mass is 343 g/mol. The normalized spacial score (nSPS) is 11.8. The van der Waals surface area contributed by atoms with Crippen LogP contribution in [-0.2, 0) is 16.6 Å². The van der Waals surface area contributed by atoms with Crippen molar-refractivity contribution in [2.45, 2.75) is 25.3 Å². The summed E-state index contributed by atoms with van der Waals surface area (Å²) in [4.78, 5) is 0.115. The van der Waals surface area contributed by atoms with Crippen molar-refractivity contribution >= 4 is 26.0 Å². The Kier molecular flexibility index (Phi) is 3.80. The molecule has 0 bridgehead atoms. The smallest absolute Gasteiger partial charge is 0.241 e. The second kappa shape index (κ2) is 5.07. The molecule has 0 saturated heterocycles. The first kappa shape index (κ1) is 14.2. The first-order chi connectivity index (χ1) is 8.79. The molecule has 1 aromatic carbocycles. The van der Waals surface area contributed by atoms with E-state index < -0.39 is 10.0 Å². The van der Waals surface area contributed by atoms with Crippen molar-refractivity contribution in [1.82, 2.24) is 9.78 Å². The van der Waals surface area contributed by atoms with E-state index in [-0.39, 0.29) is 4.90 Å². The van der Waals surface area contributed by atoms with Crippen LogP contribution in [0.2, 0.25) is 0 Å². The summed E-state index contributed by atoms with van der Waals surface area (Å²) < 4.78 is 25.7. The van der Waals surface area contributed by atoms with Crippen LogP contribution in [-0.4, -0.2) is 18.2 Å². The third-order valence-corrected chi connectivity index (χ3v) is 4.53. The largest absolute Gasteiger partial charge is 0.264 e. The lowest BCUT2D eigenvalue weighted by molar-refractivity contribution is 0.595. The highest BCUT2D eigenvalue weighted by Gasteiger charge is 2.20. The number of rotatable bonds is 3. The van der Waals surface area contributed by atoms with Gasteiger partial charge >= 0.3 is 0 Å². The Bertz CT molecular complexity index is 705. The average molecular weight is 344 g/mol. The van der Waals surface area contributed by atoms with E-state index in [1.54, 1.807) is 18.5 Å². The third kappa shape index (κ3) is 3.05. The van der Waals surface area contributed by atoms with Gasteiger partial charge in [0.25, 0.3) is 0 Å². The molecular weight excluding hydrogens is 330 g/mol. The molecule has 2 aromatic rings. The van der Waals surface area contributed by atoms with Gasteiger partial charge in [0.1, 0.15) is 4.90 Å². The summed E-state index contributed by atoms with van der Waals surface area (Å²) in [7, 11) is -3.73. The first-order valence-electron chi connectivity index (χ1n) is 5.60. The molecule has 2 N–H and O–H groups in total. The van der Waals surface area contributed by atoms with Crippen molar-refractivity contribution in [1.29, 1.82) is 0 Å². The highest BCUT2D eigenvalue weighted by Crippen LogP contribution is 2.19. The minimum Gasteiger partial charge on any atom is -0.264 e. The highest BCUT2D eigenvalue weighted by molar-refractivity contribution is 9.10. The zero-order chi connectivity index (χ0) is 14.2. The van der Waals surface area contributed by atoms with Crippen LogP contribution in [0.15, 0.2) is 33.6 Å². The van der Waals surface area contributed by atoms with Crippen molar-refractivity contribution < 1.29 is 8.42 Å². The number of nitrogens with zero attached hydrogens (tertiary/aromatic N) is 2. The maximum absolute atomic E-state index is 11.5. The van der Waals surface area contributed by atoms with Crippen LogP contribution in [0.3, 0.4) is 0 Å². The average Bonchev–Trinajstić information content (AvgIpc) is 2.56. The van der Waals surface area contributed by atoms with Crippen LogP contribution in [0.4, 0.5) is 0 Å². The fraction of sp³-hybridized carbons (Fsp3) is 0.250. The fourth-order valence-corrected chi connectivity index (χ4v) is 3.24. The third-order valence-electron chi connectivity index (χ3n) is 2.85. The van der Waals surface area contributed by atoms with Crippen LogP contribution in [0.5, 0.6) is 0 Å². The van der Waals surface area contributed by atoms with Gasteiger partial charge in [-0.2, -0.15) is 5.10 Å². The number of sulfonamides is 1. The fourth-order valence-electron chi connectivity index (χ4n) is 2.01. The van der Waals surface area contributed by atoms with Crippen LogP contribution in [0.1, 0.15) is 17.0 Å². The van der Waals surface area contributed by atoms with E-state index in [1.807, 2.05) is 24.3 Å². The molecule has 0 atom stereocenters. The van der Waals surface area contributed by atoms with E-state index >= 15 is 0 Å². The number of aromatic nitrogens is 2. The van der Waals surface area contributed by atoms with E-state index in [2.05, 4.69) is 21.0 Å². The molecule has 0 saturated carbocycles. The van der Waals surface area contributed by atoms with E-state index in [9.17, 15) is 8.42 Å². The number of primary sulfonamides is 1. The SMILES string of the molecule is Cc1nn(Cc2ccc(Br)cc2)c(C)c1S(N)(=O)=O. The predicted molar refractivity (Wildman–Crippen MR) is 76.3 cm³/mol. The molecule has 0 radical (unpaired) electrons. The molecule has 2 rings (SSSR count). The van der Waals surface area contributed by atoms with E-state index in [4.69, 9.17) is 5.14 Å². The van der Waals surface area contributed by atoms with Crippen molar-refractivity contribution in [3.63, 3.8) is 0 Å². The van der Waals surface area contributed by atoms with Gasteiger partial charge in [0, 0.05) is 4.47 Å². The summed E-state index contributed by atoms with van der Waals surface area (Å²) in [5.74, 6) is 0. The maximum Gasteiger partial charge on any atom is 0.241 e. The molecule has 102 valence electrons. The molecule has 0 spiro atoms. The van der Waals surface area contributed by atoms with Gasteiger partial charge in [0.05, 0.1) is 17.9 Å². The van der Waals surface area contributed by atoms with E-state index in [0.29, 0.717) is 17.9 Å². The molecule has 0 aliphatic carbocycles. The van der Waals surface area contributed by atoms with E-state index in [0.717, 1.165) is 10.0 Å². The second-order valence-corrected chi connectivity index (χ2v) is 6.74. The Morgan fingerprint density at radius 1 is 1.26 bits per heavy atom. The molecule has 7 heteroatoms. The second-order valence-electron chi connectivity index (χ2n) is 4.33. The number of nitrogens with two attached hydrogens (primary N) is 1. The quantitative estimate of drug-likeness (QED) is 0.925. The summed E-state index contributed by atoms with van der Waals surface area (Å²) in [5, 5.41) is 9.44. The summed E-state index contributed by atoms with van der Waals surface area (Å²) in [6.45, 7) is 3.86. The Labute approximate surface area is 120 Å². The molecule has 1 aromatic heterocycles. The Balaban J connectivity index is 2.40. The molecule has 0 fully saturated rings. The standard InChI is InChI=1S/C12H14BrN3O2S/c1-8-12(19(14,17)18)9(2)16(15-8)7-10-3-5-11(13)6-4-10/h3-6H,7H2,1-2H3,(H2,14,17,18). The lowest BCUT2D eigenvalue weighted by Gasteiger charge is -2.05. The summed E-state index contributed by atoms with van der Waals surface area (Å²) in [5.41, 5.74) is 2.02. The van der Waals surface area contributed by atoms with Gasteiger partial charge in [0.2, 0.25) is 10.0 Å². The molecule has 5 nitrogen and oxygen atoms in total. The molecular formula is C12H14BrN3O2S. The Morgan fingerprint density at radius 3 is 2.32 bits per heavy atom. The zero-order valence-corrected chi connectivity index (χ0v) is 13.0. The molecule has 19 heavy (non-hydrogen) atoms. The Morgan fingerprint density at radius 2 is 1.84 bits per heavy atom. The number of benzene rings is 1. The van der Waals surface area contributed by atoms with Crippen molar-refractivity contribution in [2.24, 2.45) is 5.14 Å². The summed E-state index contributed by atoms with van der Waals surface area (Å²) >= 11 is 3.37. The van der Waals surface area contributed by atoms with E-state index in [1.165, 1.54) is 0 Å². The number of aryl methyl sites for hydroxylation is 1. The predicted octanol–water partition coefficient (Wildman–Crippen LogP) is 1.96. The van der Waals surface area contributed by atoms with Gasteiger partial charge in [0.15, 0.2) is 0 Å². The first-order valence-corrected chi connectivity index (χ1v) is 7.94. The molecule has 0 aliphatic rings. The van der Waals surface area contributed by atoms with Gasteiger partial charge in [-0.25, -0.2) is 13.6 Å². The van der Waals surface area contributed by atoms with Gasteiger partial charge in [-0.3, -0.25) is 4.68 Å². The minimum absolute atomic E-state index is 0.115. The van der Waals surface area contributed by atoms with Crippen LogP contribution in [0.25, 0.3) is 0 Å². The Hall–Kier alpha value is -1.18. The molecule has 1 heterocycles. The number of halogens is 1. The van der Waals surface area contributed by atoms with Gasteiger partial charge < -0.3 is 0 Å². The minimum atomic E-state index is -3.73. The zero-order valence-electron chi connectivity index (χ0n) is 10.6. The number of hydrogen-bond donors (Lipinski definition) is 1. The summed E-state index contributed by atoms with van der Waals surface area (Å²) in [6.07, 6.45) is 0. The lowest BCUT2D eigenvalue weighted by atomic mass is 10.2. The van der Waals surface area contributed by atoms with Gasteiger partial charge in [-0.15, -0.1) is 0 Å². The van der Waals surface area contributed by atoms with Gasteiger partial charge in [-0.1, -0.05) is 28.1 Å².